The van der Waals surface area contributed by atoms with Crippen LogP contribution in [0.5, 0.6) is 0 Å². The molecule has 2 aromatic rings. The minimum Gasteiger partial charge on any atom is -0.353 e. The van der Waals surface area contributed by atoms with Gasteiger partial charge < -0.3 is 10.2 Å². The van der Waals surface area contributed by atoms with Crippen LogP contribution in [0.4, 0.5) is 13.9 Å². The van der Waals surface area contributed by atoms with Crippen LogP contribution in [-0.4, -0.2) is 41.8 Å². The van der Waals surface area contributed by atoms with Gasteiger partial charge in [0.25, 0.3) is 0 Å². The van der Waals surface area contributed by atoms with Crippen LogP contribution in [0.2, 0.25) is 0 Å². The van der Waals surface area contributed by atoms with Crippen molar-refractivity contribution in [1.82, 2.24) is 21.0 Å². The van der Waals surface area contributed by atoms with Gasteiger partial charge >= 0.3 is 0 Å². The number of anilines is 1. The summed E-state index contributed by atoms with van der Waals surface area (Å²) in [5.41, 5.74) is 4.12. The summed E-state index contributed by atoms with van der Waals surface area (Å²) >= 11 is 1.50. The fourth-order valence-electron chi connectivity index (χ4n) is 3.41. The Morgan fingerprint density at radius 2 is 2.13 bits per heavy atom. The van der Waals surface area contributed by atoms with Crippen molar-refractivity contribution in [2.45, 2.75) is 26.4 Å². The lowest BCUT2D eigenvalue weighted by Crippen LogP contribution is -2.30. The standard InChI is InChI=1S/C20H21F2N5O2S/c1-11(28)23-10-15-9-18(26-29-15)14-7-16(21)19(17(22)8-14)13-3-5-27(6-4-13)20-25-24-12(2)30-20/h3,7-9,15,26H,4-6,10H2,1-2H3,(H,23,28). The largest absolute Gasteiger partial charge is 0.353 e. The number of hydroxylamine groups is 1. The van der Waals surface area contributed by atoms with E-state index in [0.717, 1.165) is 10.1 Å². The molecule has 1 aromatic heterocycles. The van der Waals surface area contributed by atoms with E-state index >= 15 is 0 Å². The van der Waals surface area contributed by atoms with Gasteiger partial charge in [0.2, 0.25) is 11.0 Å². The van der Waals surface area contributed by atoms with Gasteiger partial charge in [-0.25, -0.2) is 8.78 Å². The number of aryl methyl sites for hydroxylation is 1. The molecule has 0 saturated carbocycles. The number of amides is 1. The predicted octanol–water partition coefficient (Wildman–Crippen LogP) is 2.80. The molecule has 0 radical (unpaired) electrons. The molecule has 30 heavy (non-hydrogen) atoms. The Morgan fingerprint density at radius 1 is 1.37 bits per heavy atom. The molecular weight excluding hydrogens is 412 g/mol. The fourth-order valence-corrected chi connectivity index (χ4v) is 4.13. The number of carbonyl (C=O) groups is 1. The van der Waals surface area contributed by atoms with Gasteiger partial charge in [-0.05, 0) is 37.1 Å². The van der Waals surface area contributed by atoms with E-state index in [1.54, 1.807) is 6.08 Å². The number of benzene rings is 1. The second-order valence-corrected chi connectivity index (χ2v) is 8.28. The highest BCUT2D eigenvalue weighted by atomic mass is 32.1. The van der Waals surface area contributed by atoms with Gasteiger partial charge in [-0.3, -0.25) is 15.1 Å². The van der Waals surface area contributed by atoms with Crippen LogP contribution in [0, 0.1) is 18.6 Å². The first-order valence-electron chi connectivity index (χ1n) is 9.52. The van der Waals surface area contributed by atoms with Gasteiger partial charge in [0, 0.05) is 31.1 Å². The number of nitrogens with one attached hydrogen (secondary N) is 2. The first-order valence-corrected chi connectivity index (χ1v) is 10.3. The van der Waals surface area contributed by atoms with E-state index in [1.165, 1.54) is 30.4 Å². The Balaban J connectivity index is 1.50. The highest BCUT2D eigenvalue weighted by Crippen LogP contribution is 2.32. The van der Waals surface area contributed by atoms with Crippen molar-refractivity contribution in [1.29, 1.82) is 0 Å². The molecule has 0 spiro atoms. The molecule has 10 heteroatoms. The molecule has 1 aromatic carbocycles. The number of rotatable bonds is 5. The van der Waals surface area contributed by atoms with Gasteiger partial charge in [-0.1, -0.05) is 17.4 Å². The summed E-state index contributed by atoms with van der Waals surface area (Å²) in [7, 11) is 0. The van der Waals surface area contributed by atoms with Gasteiger partial charge in [0.15, 0.2) is 0 Å². The van der Waals surface area contributed by atoms with Gasteiger partial charge in [0.1, 0.15) is 22.7 Å². The number of nitrogens with zero attached hydrogens (tertiary/aromatic N) is 3. The third-order valence-electron chi connectivity index (χ3n) is 4.89. The third kappa shape index (κ3) is 4.34. The van der Waals surface area contributed by atoms with Crippen LogP contribution in [0.15, 0.2) is 24.3 Å². The first kappa shape index (κ1) is 20.4. The van der Waals surface area contributed by atoms with Crippen LogP contribution >= 0.6 is 11.3 Å². The van der Waals surface area contributed by atoms with Crippen LogP contribution in [-0.2, 0) is 9.63 Å². The molecule has 7 nitrogen and oxygen atoms in total. The van der Waals surface area contributed by atoms with Crippen molar-refractivity contribution in [3.05, 3.63) is 52.1 Å². The summed E-state index contributed by atoms with van der Waals surface area (Å²) in [6.45, 7) is 4.71. The SMILES string of the molecule is CC(=O)NCC1C=C(c2cc(F)c(C3=CCN(c4nnc(C)s4)CC3)c(F)c2)NO1. The highest BCUT2D eigenvalue weighted by Gasteiger charge is 2.24. The molecule has 1 unspecified atom stereocenters. The average molecular weight is 433 g/mol. The fraction of sp³-hybridized carbons (Fsp3) is 0.350. The zero-order chi connectivity index (χ0) is 21.3. The van der Waals surface area contributed by atoms with Crippen molar-refractivity contribution in [2.24, 2.45) is 0 Å². The van der Waals surface area contributed by atoms with Crippen LogP contribution in [0.1, 0.15) is 29.5 Å². The molecular formula is C20H21F2N5O2S. The molecule has 2 aliphatic heterocycles. The summed E-state index contributed by atoms with van der Waals surface area (Å²) in [5, 5.41) is 12.5. The van der Waals surface area contributed by atoms with Gasteiger partial charge in [-0.15, -0.1) is 10.2 Å². The number of aromatic nitrogens is 2. The maximum atomic E-state index is 14.9. The van der Waals surface area contributed by atoms with Crippen molar-refractivity contribution in [3.8, 4) is 0 Å². The van der Waals surface area contributed by atoms with Crippen molar-refractivity contribution in [3.63, 3.8) is 0 Å². The third-order valence-corrected chi connectivity index (χ3v) is 5.79. The van der Waals surface area contributed by atoms with E-state index < -0.39 is 17.7 Å². The lowest BCUT2D eigenvalue weighted by atomic mass is 9.96. The first-order chi connectivity index (χ1) is 14.4. The van der Waals surface area contributed by atoms with Crippen LogP contribution in [0.25, 0.3) is 11.3 Å². The molecule has 0 fully saturated rings. The van der Waals surface area contributed by atoms with Gasteiger partial charge in [-0.2, -0.15) is 0 Å². The van der Waals surface area contributed by atoms with E-state index in [0.29, 0.717) is 36.3 Å². The summed E-state index contributed by atoms with van der Waals surface area (Å²) in [6.07, 6.45) is 3.62. The molecule has 1 atom stereocenters. The molecule has 0 saturated heterocycles. The summed E-state index contributed by atoms with van der Waals surface area (Å²) in [4.78, 5) is 18.4. The topological polar surface area (TPSA) is 79.4 Å². The molecule has 3 heterocycles. The minimum absolute atomic E-state index is 0.00107. The summed E-state index contributed by atoms with van der Waals surface area (Å²) in [5.74, 6) is -1.42. The molecule has 2 N–H and O–H groups in total. The minimum atomic E-state index is -0.621. The van der Waals surface area contributed by atoms with Crippen LogP contribution < -0.4 is 15.7 Å². The molecule has 0 aliphatic carbocycles. The second kappa shape index (κ2) is 8.49. The monoisotopic (exact) mass is 433 g/mol. The predicted molar refractivity (Wildman–Crippen MR) is 110 cm³/mol. The maximum Gasteiger partial charge on any atom is 0.216 e. The van der Waals surface area contributed by atoms with E-state index in [4.69, 9.17) is 4.84 Å². The summed E-state index contributed by atoms with van der Waals surface area (Å²) < 4.78 is 29.7. The van der Waals surface area contributed by atoms with Crippen molar-refractivity contribution in [2.75, 3.05) is 24.5 Å². The number of carbonyl (C=O) groups excluding carboxylic acids is 1. The Morgan fingerprint density at radius 3 is 2.73 bits per heavy atom. The lowest BCUT2D eigenvalue weighted by molar-refractivity contribution is -0.119. The Kier molecular flexibility index (Phi) is 5.78. The Bertz CT molecular complexity index is 1010. The highest BCUT2D eigenvalue weighted by molar-refractivity contribution is 7.15. The Hall–Kier alpha value is -2.85. The molecule has 1 amide bonds. The average Bonchev–Trinajstić information content (AvgIpc) is 3.35. The van der Waals surface area contributed by atoms with Crippen molar-refractivity contribution < 1.29 is 18.4 Å². The van der Waals surface area contributed by atoms with Crippen molar-refractivity contribution >= 4 is 33.6 Å². The lowest BCUT2D eigenvalue weighted by Gasteiger charge is -2.26. The number of halogens is 2. The summed E-state index contributed by atoms with van der Waals surface area (Å²) in [6, 6.07) is 2.59. The van der Waals surface area contributed by atoms with E-state index in [1.807, 2.05) is 17.9 Å². The molecule has 2 aliphatic rings. The molecule has 158 valence electrons. The molecule has 4 rings (SSSR count). The quantitative estimate of drug-likeness (QED) is 0.755. The zero-order valence-corrected chi connectivity index (χ0v) is 17.4. The second-order valence-electron chi connectivity index (χ2n) is 7.12. The maximum absolute atomic E-state index is 14.9. The Labute approximate surface area is 176 Å². The zero-order valence-electron chi connectivity index (χ0n) is 16.5. The van der Waals surface area contributed by atoms with Gasteiger partial charge in [0.05, 0.1) is 12.2 Å². The van der Waals surface area contributed by atoms with Crippen LogP contribution in [0.3, 0.4) is 0 Å². The van der Waals surface area contributed by atoms with E-state index in [9.17, 15) is 13.6 Å². The normalized spacial score (nSPS) is 18.7. The number of hydrogen-bond acceptors (Lipinski definition) is 7. The number of hydrogen-bond donors (Lipinski definition) is 2. The van der Waals surface area contributed by atoms with E-state index in [-0.39, 0.29) is 18.0 Å². The smallest absolute Gasteiger partial charge is 0.216 e. The molecule has 0 bridgehead atoms. The van der Waals surface area contributed by atoms with E-state index in [2.05, 4.69) is 21.0 Å².